The van der Waals surface area contributed by atoms with E-state index in [9.17, 15) is 13.2 Å². The predicted octanol–water partition coefficient (Wildman–Crippen LogP) is 4.47. The first-order valence-electron chi connectivity index (χ1n) is 12.5. The number of ether oxygens (including phenoxy) is 2. The molecule has 2 aliphatic rings. The monoisotopic (exact) mass is 526 g/mol. The number of pyridine rings is 1. The number of halogens is 3. The molecule has 4 aromatic heterocycles. The number of fused-ring (bicyclic) bond motifs is 1. The maximum atomic E-state index is 13.3. The Morgan fingerprint density at radius 3 is 2.71 bits per heavy atom. The highest BCUT2D eigenvalue weighted by atomic mass is 19.4. The predicted molar refractivity (Wildman–Crippen MR) is 132 cm³/mol. The molecule has 0 atom stereocenters. The van der Waals surface area contributed by atoms with Gasteiger partial charge in [-0.3, -0.25) is 9.58 Å². The Labute approximate surface area is 217 Å². The lowest BCUT2D eigenvalue weighted by atomic mass is 9.84. The van der Waals surface area contributed by atoms with Crippen molar-refractivity contribution in [2.75, 3.05) is 20.2 Å². The fourth-order valence-corrected chi connectivity index (χ4v) is 5.19. The number of hydrogen-bond acceptors (Lipinski definition) is 7. The Morgan fingerprint density at radius 2 is 1.95 bits per heavy atom. The van der Waals surface area contributed by atoms with Crippen LogP contribution < -0.4 is 4.74 Å². The molecule has 1 saturated carbocycles. The van der Waals surface area contributed by atoms with Crippen LogP contribution in [0.4, 0.5) is 13.2 Å². The lowest BCUT2D eigenvalue weighted by Crippen LogP contribution is -2.50. The van der Waals surface area contributed by atoms with Gasteiger partial charge < -0.3 is 14.5 Å². The summed E-state index contributed by atoms with van der Waals surface area (Å²) in [6.45, 7) is 1.71. The largest absolute Gasteiger partial charge is 0.474 e. The van der Waals surface area contributed by atoms with Crippen molar-refractivity contribution in [3.63, 3.8) is 0 Å². The van der Waals surface area contributed by atoms with E-state index in [4.69, 9.17) is 9.47 Å². The Balaban J connectivity index is 1.03. The van der Waals surface area contributed by atoms with E-state index < -0.39 is 11.9 Å². The van der Waals surface area contributed by atoms with Crippen molar-refractivity contribution in [1.29, 1.82) is 0 Å². The lowest BCUT2D eigenvalue weighted by Gasteiger charge is -2.45. The third kappa shape index (κ3) is 4.97. The molecule has 1 N–H and O–H groups in total. The number of piperidine rings is 1. The first-order chi connectivity index (χ1) is 18.4. The number of hydrogen-bond donors (Lipinski definition) is 1. The molecule has 1 aliphatic heterocycles. The van der Waals surface area contributed by atoms with Gasteiger partial charge in [0.25, 0.3) is 0 Å². The average molecular weight is 527 g/mol. The highest BCUT2D eigenvalue weighted by Crippen LogP contribution is 2.37. The topological polar surface area (TPSA) is 94.0 Å². The molecule has 1 aliphatic carbocycles. The van der Waals surface area contributed by atoms with Crippen LogP contribution in [0.25, 0.3) is 22.3 Å². The molecule has 199 valence electrons. The first kappa shape index (κ1) is 24.8. The van der Waals surface area contributed by atoms with Gasteiger partial charge >= 0.3 is 6.18 Å². The molecule has 9 nitrogen and oxygen atoms in total. The van der Waals surface area contributed by atoms with Gasteiger partial charge in [-0.25, -0.2) is 15.0 Å². The second-order valence-electron chi connectivity index (χ2n) is 9.75. The maximum Gasteiger partial charge on any atom is 0.433 e. The molecule has 5 heterocycles. The molecule has 0 amide bonds. The minimum Gasteiger partial charge on any atom is -0.474 e. The Bertz CT molecular complexity index is 1410. The Morgan fingerprint density at radius 1 is 1.13 bits per heavy atom. The molecule has 0 spiro atoms. The summed E-state index contributed by atoms with van der Waals surface area (Å²) in [7, 11) is 1.44. The zero-order valence-corrected chi connectivity index (χ0v) is 20.8. The van der Waals surface area contributed by atoms with Crippen molar-refractivity contribution in [2.24, 2.45) is 0 Å². The lowest BCUT2D eigenvalue weighted by molar-refractivity contribution is -0.141. The fraction of sp³-hybridized carbons (Fsp3) is 0.423. The Hall–Kier alpha value is -3.51. The van der Waals surface area contributed by atoms with Gasteiger partial charge in [-0.1, -0.05) is 0 Å². The van der Waals surface area contributed by atoms with Crippen LogP contribution in [0.1, 0.15) is 36.9 Å². The van der Waals surface area contributed by atoms with Gasteiger partial charge in [-0.05, 0) is 43.4 Å². The van der Waals surface area contributed by atoms with E-state index in [1.807, 2.05) is 29.3 Å². The number of nitrogens with one attached hydrogen (secondary N) is 1. The van der Waals surface area contributed by atoms with E-state index in [0.717, 1.165) is 67.1 Å². The van der Waals surface area contributed by atoms with Crippen molar-refractivity contribution in [3.8, 4) is 17.1 Å². The van der Waals surface area contributed by atoms with Gasteiger partial charge in [0.15, 0.2) is 0 Å². The Kier molecular flexibility index (Phi) is 6.52. The zero-order chi connectivity index (χ0) is 26.3. The van der Waals surface area contributed by atoms with Crippen molar-refractivity contribution < 1.29 is 22.6 Å². The average Bonchev–Trinajstić information content (AvgIpc) is 3.54. The third-order valence-corrected chi connectivity index (χ3v) is 7.22. The zero-order valence-electron chi connectivity index (χ0n) is 20.8. The summed E-state index contributed by atoms with van der Waals surface area (Å²) >= 11 is 0. The first-order valence-corrected chi connectivity index (χ1v) is 12.5. The number of H-pyrrole nitrogens is 1. The quantitative estimate of drug-likeness (QED) is 0.380. The molecule has 2 fully saturated rings. The number of aromatic nitrogens is 6. The number of likely N-dealkylation sites (tertiary alicyclic amines) is 1. The summed E-state index contributed by atoms with van der Waals surface area (Å²) in [6.07, 6.45) is 5.84. The van der Waals surface area contributed by atoms with Crippen molar-refractivity contribution in [2.45, 2.75) is 50.6 Å². The van der Waals surface area contributed by atoms with Crippen LogP contribution in [-0.2, 0) is 17.5 Å². The number of aromatic amines is 1. The third-order valence-electron chi connectivity index (χ3n) is 7.22. The number of alkyl halides is 3. The molecular formula is C26H27F3N7O2. The van der Waals surface area contributed by atoms with Crippen LogP contribution >= 0.6 is 0 Å². The van der Waals surface area contributed by atoms with Crippen molar-refractivity contribution in [3.05, 3.63) is 60.4 Å². The van der Waals surface area contributed by atoms with Gasteiger partial charge in [0.1, 0.15) is 23.8 Å². The minimum absolute atomic E-state index is 0.000299. The second kappa shape index (κ2) is 9.99. The minimum atomic E-state index is -4.54. The molecule has 0 unspecified atom stereocenters. The van der Waals surface area contributed by atoms with Crippen LogP contribution in [-0.4, -0.2) is 67.0 Å². The molecule has 1 radical (unpaired) electrons. The van der Waals surface area contributed by atoms with Gasteiger partial charge in [0.05, 0.1) is 24.5 Å². The summed E-state index contributed by atoms with van der Waals surface area (Å²) in [5.74, 6) is -0.000299. The van der Waals surface area contributed by atoms with Gasteiger partial charge in [-0.15, -0.1) is 0 Å². The summed E-state index contributed by atoms with van der Waals surface area (Å²) in [6, 6.07) is 6.16. The number of rotatable bonds is 7. The molecule has 0 bridgehead atoms. The van der Waals surface area contributed by atoms with E-state index in [0.29, 0.717) is 11.6 Å². The molecule has 38 heavy (non-hydrogen) atoms. The normalized spacial score (nSPS) is 18.2. The molecule has 4 aromatic rings. The molecule has 1 saturated heterocycles. The van der Waals surface area contributed by atoms with Crippen LogP contribution in [0.5, 0.6) is 5.88 Å². The highest BCUT2D eigenvalue weighted by molar-refractivity contribution is 5.90. The van der Waals surface area contributed by atoms with E-state index in [-0.39, 0.29) is 18.6 Å². The van der Waals surface area contributed by atoms with Crippen molar-refractivity contribution >= 4 is 11.0 Å². The number of nitrogens with zero attached hydrogens (tertiary/aromatic N) is 6. The molecule has 12 heteroatoms. The summed E-state index contributed by atoms with van der Waals surface area (Å²) < 4.78 is 52.6. The van der Waals surface area contributed by atoms with Crippen LogP contribution in [0.3, 0.4) is 0 Å². The van der Waals surface area contributed by atoms with Gasteiger partial charge in [0, 0.05) is 55.7 Å². The molecular weight excluding hydrogens is 499 g/mol. The summed E-state index contributed by atoms with van der Waals surface area (Å²) in [4.78, 5) is 17.9. The maximum absolute atomic E-state index is 13.3. The van der Waals surface area contributed by atoms with E-state index >= 15 is 0 Å². The highest BCUT2D eigenvalue weighted by Gasteiger charge is 2.38. The summed E-state index contributed by atoms with van der Waals surface area (Å²) in [5, 5.41) is 5.53. The van der Waals surface area contributed by atoms with Crippen LogP contribution in [0.15, 0.2) is 43.1 Å². The fourth-order valence-electron chi connectivity index (χ4n) is 5.19. The number of methoxy groups -OCH3 is 1. The SMILES string of the molecule is COCc1cc(OC2CCN(C3C[C](n4cc(-c5ncnc6[nH]ccc56)cn4)C3)CC2)nc(C(F)(F)F)c1. The summed E-state index contributed by atoms with van der Waals surface area (Å²) in [5.41, 5.74) is 2.02. The van der Waals surface area contributed by atoms with Crippen LogP contribution in [0.2, 0.25) is 0 Å². The molecule has 6 rings (SSSR count). The van der Waals surface area contributed by atoms with Crippen LogP contribution in [0, 0.1) is 6.04 Å². The standard InChI is InChI=1S/C26H27F3N7O2/c1-37-14-16-8-22(26(27,28)29)34-23(9-16)38-20-3-6-35(7-4-20)18-10-19(11-18)36-13-17(12-33-36)24-21-2-5-30-25(21)32-15-31-24/h2,5,8-9,12-13,15,18,20H,3-4,6-7,10-11,14H2,1H3,(H,30,31,32). The smallest absolute Gasteiger partial charge is 0.433 e. The van der Waals surface area contributed by atoms with Gasteiger partial charge in [-0.2, -0.15) is 18.3 Å². The van der Waals surface area contributed by atoms with E-state index in [1.54, 1.807) is 6.33 Å². The van der Waals surface area contributed by atoms with Gasteiger partial charge in [0.2, 0.25) is 5.88 Å². The van der Waals surface area contributed by atoms with E-state index in [1.165, 1.54) is 19.2 Å². The van der Waals surface area contributed by atoms with Crippen molar-refractivity contribution in [1.82, 2.24) is 34.6 Å². The van der Waals surface area contributed by atoms with E-state index in [2.05, 4.69) is 29.9 Å². The molecule has 0 aromatic carbocycles. The second-order valence-corrected chi connectivity index (χ2v) is 9.75.